The van der Waals surface area contributed by atoms with Gasteiger partial charge in [0.15, 0.2) is 0 Å². The summed E-state index contributed by atoms with van der Waals surface area (Å²) in [5.41, 5.74) is 13.6. The Hall–Kier alpha value is -2.31. The average Bonchev–Trinajstić information content (AvgIpc) is 3.77. The number of fused-ring (bicyclic) bond motifs is 3. The fraction of sp³-hybridized carbons (Fsp3) is 0.408. The van der Waals surface area contributed by atoms with Crippen LogP contribution < -0.4 is 0 Å². The van der Waals surface area contributed by atoms with Gasteiger partial charge in [0.1, 0.15) is 0 Å². The maximum atomic E-state index is 3.62. The van der Waals surface area contributed by atoms with Crippen molar-refractivity contribution in [3.8, 4) is 11.1 Å². The van der Waals surface area contributed by atoms with E-state index in [9.17, 15) is 0 Å². The molecule has 0 amide bonds. The van der Waals surface area contributed by atoms with Crippen LogP contribution in [-0.4, -0.2) is 3.21 Å². The van der Waals surface area contributed by atoms with Gasteiger partial charge in [-0.2, -0.15) is 35.4 Å². The third-order valence-electron chi connectivity index (χ3n) is 12.0. The molecule has 0 unspecified atom stereocenters. The molecule has 0 saturated heterocycles. The van der Waals surface area contributed by atoms with Crippen LogP contribution in [-0.2, 0) is 41.5 Å². The third-order valence-corrected chi connectivity index (χ3v) is 13.4. The zero-order chi connectivity index (χ0) is 35.1. The van der Waals surface area contributed by atoms with Gasteiger partial charge in [-0.1, -0.05) is 76.3 Å². The predicted octanol–water partition coefficient (Wildman–Crippen LogP) is 13.2. The summed E-state index contributed by atoms with van der Waals surface area (Å²) in [5.74, 6) is 3.21. The fourth-order valence-electron chi connectivity index (χ4n) is 9.57. The number of hydrogen-bond donors (Lipinski definition) is 0. The minimum atomic E-state index is 0. The number of rotatable bonds is 3. The summed E-state index contributed by atoms with van der Waals surface area (Å²) in [6.07, 6.45) is 19.5. The first kappa shape index (κ1) is 40.9. The van der Waals surface area contributed by atoms with Gasteiger partial charge in [0.2, 0.25) is 0 Å². The van der Waals surface area contributed by atoms with Crippen LogP contribution in [0.2, 0.25) is 0 Å². The van der Waals surface area contributed by atoms with Gasteiger partial charge in [0.25, 0.3) is 0 Å². The molecule has 10 rings (SSSR count). The van der Waals surface area contributed by atoms with E-state index in [2.05, 4.69) is 157 Å². The summed E-state index contributed by atoms with van der Waals surface area (Å²) in [6.45, 7) is 13.6. The molecule has 4 saturated carbocycles. The first-order valence-electron chi connectivity index (χ1n) is 19.0. The van der Waals surface area contributed by atoms with Gasteiger partial charge in [0.05, 0.1) is 0 Å². The van der Waals surface area contributed by atoms with Crippen molar-refractivity contribution in [2.75, 3.05) is 0 Å². The average molecular weight is 807 g/mol. The Morgan fingerprint density at radius 3 is 1.67 bits per heavy atom. The molecule has 0 spiro atoms. The SMILES string of the molecule is CC(C)(C)c1c[c-]c2c(c1)-c1cc(C(C)(C)C)ccc1C2.Cl.Cl.[C-]1=C(C23CC4CC(CC(C4)C2)C3)C=CC1.[Zr+2]=[C](c1ccccc1)c1ccccc1. The van der Waals surface area contributed by atoms with Gasteiger partial charge in [-0.15, -0.1) is 36.8 Å². The second kappa shape index (κ2) is 16.6. The number of benzene rings is 4. The Balaban J connectivity index is 0.000000151. The van der Waals surface area contributed by atoms with Crippen molar-refractivity contribution in [1.29, 1.82) is 0 Å². The molecule has 0 heterocycles. The van der Waals surface area contributed by atoms with Gasteiger partial charge >= 0.3 is 99.2 Å². The number of halogens is 2. The number of allylic oxidation sites excluding steroid dienone is 4. The van der Waals surface area contributed by atoms with E-state index in [-0.39, 0.29) is 35.6 Å². The third kappa shape index (κ3) is 8.97. The summed E-state index contributed by atoms with van der Waals surface area (Å²) in [6, 6.07) is 36.2. The van der Waals surface area contributed by atoms with Gasteiger partial charge in [0, 0.05) is 0 Å². The van der Waals surface area contributed by atoms with Crippen LogP contribution in [0.3, 0.4) is 0 Å². The summed E-state index contributed by atoms with van der Waals surface area (Å²) in [7, 11) is 0. The first-order chi connectivity index (χ1) is 23.9. The Bertz CT molecular complexity index is 1760. The topological polar surface area (TPSA) is 0 Å². The summed E-state index contributed by atoms with van der Waals surface area (Å²) in [4.78, 5) is 0. The minimum absolute atomic E-state index is 0. The molecule has 4 bridgehead atoms. The Labute approximate surface area is 342 Å². The van der Waals surface area contributed by atoms with Crippen LogP contribution in [0.15, 0.2) is 109 Å². The normalized spacial score (nSPS) is 23.1. The van der Waals surface area contributed by atoms with Crippen LogP contribution in [0.4, 0.5) is 0 Å². The van der Waals surface area contributed by atoms with Crippen molar-refractivity contribution in [2.24, 2.45) is 23.2 Å². The second-order valence-electron chi connectivity index (χ2n) is 17.8. The molecule has 0 N–H and O–H groups in total. The van der Waals surface area contributed by atoms with E-state index < -0.39 is 0 Å². The Morgan fingerprint density at radius 1 is 0.673 bits per heavy atom. The molecular formula is C49H56Cl2Zr. The zero-order valence-electron chi connectivity index (χ0n) is 32.0. The van der Waals surface area contributed by atoms with Crippen molar-refractivity contribution in [2.45, 2.75) is 104 Å². The van der Waals surface area contributed by atoms with E-state index in [1.807, 2.05) is 0 Å². The van der Waals surface area contributed by atoms with Crippen molar-refractivity contribution < 1.29 is 24.2 Å². The van der Waals surface area contributed by atoms with Gasteiger partial charge in [-0.3, -0.25) is 6.08 Å². The summed E-state index contributed by atoms with van der Waals surface area (Å²) < 4.78 is 1.42. The molecule has 6 aliphatic carbocycles. The molecule has 4 fully saturated rings. The monoisotopic (exact) mass is 804 g/mol. The van der Waals surface area contributed by atoms with E-state index in [0.717, 1.165) is 30.6 Å². The first-order valence-corrected chi connectivity index (χ1v) is 20.3. The van der Waals surface area contributed by atoms with Crippen LogP contribution in [0.25, 0.3) is 11.1 Å². The van der Waals surface area contributed by atoms with Crippen LogP contribution >= 0.6 is 24.8 Å². The second-order valence-corrected chi connectivity index (χ2v) is 19.1. The van der Waals surface area contributed by atoms with Gasteiger partial charge in [-0.05, 0) is 79.1 Å². The van der Waals surface area contributed by atoms with E-state index in [1.165, 1.54) is 91.2 Å². The van der Waals surface area contributed by atoms with E-state index in [4.69, 9.17) is 0 Å². The van der Waals surface area contributed by atoms with Crippen LogP contribution in [0.5, 0.6) is 0 Å². The van der Waals surface area contributed by atoms with Crippen LogP contribution in [0, 0.1) is 35.3 Å². The molecule has 0 aromatic heterocycles. The summed E-state index contributed by atoms with van der Waals surface area (Å²) >= 11 is 1.46. The van der Waals surface area contributed by atoms with E-state index in [0.29, 0.717) is 5.41 Å². The van der Waals surface area contributed by atoms with Crippen molar-refractivity contribution >= 4 is 28.0 Å². The molecule has 6 aliphatic rings. The molecule has 0 atom stereocenters. The molecular weight excluding hydrogens is 751 g/mol. The standard InChI is InChI=1S/C21H25.C15H19.C13H10.2ClH.Zr/c1-20(2,3)16-9-7-14-11-15-8-10-17(21(4,5)6)13-19(15)18(14)12-16;1-2-4-14(3-1)15-8-11-5-12(9-15)7-13(6-11)10-15;1-3-7-12(8-4-1)11-13-9-5-2-6-10-13;;;/h7,9-10,12-13H,11H2,1-6H3;1,3,11-13H,2,5-10H2;1-10H;2*1H;/q2*-1;;;;+2. The molecule has 4 aromatic rings. The fourth-order valence-corrected chi connectivity index (χ4v) is 10.4. The van der Waals surface area contributed by atoms with Gasteiger partial charge in [-0.25, -0.2) is 11.6 Å². The Morgan fingerprint density at radius 2 is 1.19 bits per heavy atom. The molecule has 4 aromatic carbocycles. The van der Waals surface area contributed by atoms with Crippen molar-refractivity contribution in [3.63, 3.8) is 0 Å². The predicted molar refractivity (Wildman–Crippen MR) is 223 cm³/mol. The zero-order valence-corrected chi connectivity index (χ0v) is 36.1. The van der Waals surface area contributed by atoms with Crippen molar-refractivity contribution in [1.82, 2.24) is 0 Å². The summed E-state index contributed by atoms with van der Waals surface area (Å²) in [5, 5.41) is 0. The van der Waals surface area contributed by atoms with E-state index in [1.54, 1.807) is 24.8 Å². The molecule has 0 aliphatic heterocycles. The Kier molecular flexibility index (Phi) is 13.0. The number of hydrogen-bond acceptors (Lipinski definition) is 0. The van der Waals surface area contributed by atoms with Crippen LogP contribution in [0.1, 0.15) is 120 Å². The van der Waals surface area contributed by atoms with E-state index >= 15 is 0 Å². The molecule has 52 heavy (non-hydrogen) atoms. The van der Waals surface area contributed by atoms with Crippen molar-refractivity contribution in [3.05, 3.63) is 154 Å². The molecule has 3 heteroatoms. The maximum absolute atomic E-state index is 3.62. The quantitative estimate of drug-likeness (QED) is 0.159. The van der Waals surface area contributed by atoms with Gasteiger partial charge < -0.3 is 0 Å². The molecule has 0 nitrogen and oxygen atoms in total. The molecule has 0 radical (unpaired) electrons. The molecule has 270 valence electrons.